The van der Waals surface area contributed by atoms with E-state index in [4.69, 9.17) is 0 Å². The van der Waals surface area contributed by atoms with Crippen molar-refractivity contribution in [1.29, 1.82) is 0 Å². The highest BCUT2D eigenvalue weighted by molar-refractivity contribution is 7.91. The molecule has 2 rings (SSSR count). The Labute approximate surface area is 156 Å². The zero-order valence-electron chi connectivity index (χ0n) is 15.0. The van der Waals surface area contributed by atoms with Crippen LogP contribution in [0.2, 0.25) is 0 Å². The smallest absolute Gasteiger partial charge is 0.226 e. The topological polar surface area (TPSA) is 95.6 Å². The van der Waals surface area contributed by atoms with Crippen molar-refractivity contribution >= 4 is 34.1 Å². The first kappa shape index (κ1) is 22.2. The van der Waals surface area contributed by atoms with Gasteiger partial charge in [0.1, 0.15) is 0 Å². The van der Waals surface area contributed by atoms with Crippen molar-refractivity contribution in [1.82, 2.24) is 15.5 Å². The van der Waals surface area contributed by atoms with E-state index in [2.05, 4.69) is 10.6 Å². The summed E-state index contributed by atoms with van der Waals surface area (Å²) in [5.74, 6) is -0.615. The molecule has 0 aromatic heterocycles. The summed E-state index contributed by atoms with van der Waals surface area (Å²) in [5, 5.41) is 5.89. The van der Waals surface area contributed by atoms with Crippen molar-refractivity contribution in [3.8, 4) is 0 Å². The van der Waals surface area contributed by atoms with Crippen molar-refractivity contribution in [2.45, 2.75) is 38.1 Å². The van der Waals surface area contributed by atoms with E-state index in [1.807, 2.05) is 7.05 Å². The van der Waals surface area contributed by atoms with Crippen molar-refractivity contribution < 1.29 is 18.0 Å². The van der Waals surface area contributed by atoms with E-state index in [-0.39, 0.29) is 53.6 Å². The predicted molar refractivity (Wildman–Crippen MR) is 99.5 cm³/mol. The molecule has 146 valence electrons. The van der Waals surface area contributed by atoms with Gasteiger partial charge in [-0.05, 0) is 26.3 Å². The van der Waals surface area contributed by atoms with Crippen LogP contribution in [-0.2, 0) is 19.4 Å². The molecule has 0 bridgehead atoms. The average molecular weight is 396 g/mol. The minimum Gasteiger partial charge on any atom is -0.352 e. The number of nitrogens with zero attached hydrogens (tertiary/aromatic N) is 1. The summed E-state index contributed by atoms with van der Waals surface area (Å²) in [7, 11) is 0.587. The molecule has 2 fully saturated rings. The van der Waals surface area contributed by atoms with Crippen LogP contribution in [0.4, 0.5) is 0 Å². The van der Waals surface area contributed by atoms with Crippen LogP contribution in [0.1, 0.15) is 32.1 Å². The Kier molecular flexibility index (Phi) is 8.63. The zero-order valence-corrected chi connectivity index (χ0v) is 16.6. The molecule has 1 aliphatic carbocycles. The quantitative estimate of drug-likeness (QED) is 0.669. The van der Waals surface area contributed by atoms with E-state index in [1.54, 1.807) is 11.9 Å². The summed E-state index contributed by atoms with van der Waals surface area (Å²) in [6.07, 6.45) is 3.79. The number of nitrogens with one attached hydrogen (secondary N) is 2. The number of carbonyl (C=O) groups is 2. The monoisotopic (exact) mass is 395 g/mol. The number of rotatable bonds is 6. The molecule has 9 heteroatoms. The van der Waals surface area contributed by atoms with Crippen molar-refractivity contribution in [3.05, 3.63) is 0 Å². The molecule has 0 aromatic carbocycles. The Morgan fingerprint density at radius 3 is 2.32 bits per heavy atom. The number of hydrogen-bond donors (Lipinski definition) is 2. The number of hydrogen-bond acceptors (Lipinski definition) is 5. The van der Waals surface area contributed by atoms with Gasteiger partial charge in [0.25, 0.3) is 0 Å². The normalized spacial score (nSPS) is 28.0. The van der Waals surface area contributed by atoms with Crippen LogP contribution in [0.3, 0.4) is 0 Å². The minimum atomic E-state index is -3.02. The van der Waals surface area contributed by atoms with Gasteiger partial charge in [-0.15, -0.1) is 12.4 Å². The van der Waals surface area contributed by atoms with Gasteiger partial charge in [0.05, 0.1) is 11.5 Å². The summed E-state index contributed by atoms with van der Waals surface area (Å²) in [5.41, 5.74) is 0. The Morgan fingerprint density at radius 1 is 1.12 bits per heavy atom. The van der Waals surface area contributed by atoms with Gasteiger partial charge in [0, 0.05) is 38.0 Å². The molecule has 25 heavy (non-hydrogen) atoms. The molecule has 3 atom stereocenters. The number of carbonyl (C=O) groups excluding carboxylic acids is 2. The van der Waals surface area contributed by atoms with E-state index in [0.29, 0.717) is 25.9 Å². The minimum absolute atomic E-state index is 0. The molecule has 2 aliphatic rings. The maximum absolute atomic E-state index is 12.7. The molecule has 2 amide bonds. The summed E-state index contributed by atoms with van der Waals surface area (Å²) in [4.78, 5) is 27.0. The second-order valence-electron chi connectivity index (χ2n) is 6.97. The Bertz CT molecular complexity index is 570. The zero-order chi connectivity index (χ0) is 17.7. The number of sulfone groups is 1. The van der Waals surface area contributed by atoms with E-state index in [9.17, 15) is 18.0 Å². The third-order valence-electron chi connectivity index (χ3n) is 5.07. The lowest BCUT2D eigenvalue weighted by atomic mass is 9.77. The highest BCUT2D eigenvalue weighted by Gasteiger charge is 2.38. The molecule has 0 spiro atoms. The van der Waals surface area contributed by atoms with Crippen LogP contribution >= 0.6 is 12.4 Å². The fraction of sp³-hybridized carbons (Fsp3) is 0.875. The maximum atomic E-state index is 12.7. The Morgan fingerprint density at radius 2 is 1.76 bits per heavy atom. The number of halogens is 1. The first-order valence-corrected chi connectivity index (χ1v) is 10.6. The van der Waals surface area contributed by atoms with Gasteiger partial charge in [-0.2, -0.15) is 0 Å². The molecule has 1 saturated heterocycles. The molecule has 3 unspecified atom stereocenters. The Hall–Kier alpha value is -0.860. The molecule has 1 heterocycles. The molecular formula is C16H30ClN3O4S. The molecule has 0 aromatic rings. The van der Waals surface area contributed by atoms with Gasteiger partial charge >= 0.3 is 0 Å². The fourth-order valence-electron chi connectivity index (χ4n) is 3.63. The second kappa shape index (κ2) is 9.73. The molecule has 1 saturated carbocycles. The lowest BCUT2D eigenvalue weighted by Gasteiger charge is -2.33. The Balaban J connectivity index is 0.00000312. The molecule has 0 radical (unpaired) electrons. The van der Waals surface area contributed by atoms with Gasteiger partial charge in [0.2, 0.25) is 11.8 Å². The molecule has 1 aliphatic heterocycles. The van der Waals surface area contributed by atoms with E-state index in [0.717, 1.165) is 19.3 Å². The SMILES string of the molecule is CNCCN(C)C(=O)C1CCCCC1C(=O)NC1CCS(=O)(=O)C1.Cl. The van der Waals surface area contributed by atoms with Crippen LogP contribution < -0.4 is 10.6 Å². The maximum Gasteiger partial charge on any atom is 0.226 e. The van der Waals surface area contributed by atoms with E-state index >= 15 is 0 Å². The van der Waals surface area contributed by atoms with Crippen molar-refractivity contribution in [3.63, 3.8) is 0 Å². The van der Waals surface area contributed by atoms with Gasteiger partial charge in [0.15, 0.2) is 9.84 Å². The predicted octanol–water partition coefficient (Wildman–Crippen LogP) is 0.196. The third kappa shape index (κ3) is 6.11. The van der Waals surface area contributed by atoms with E-state index in [1.165, 1.54) is 0 Å². The molecule has 2 N–H and O–H groups in total. The second-order valence-corrected chi connectivity index (χ2v) is 9.20. The van der Waals surface area contributed by atoms with Crippen LogP contribution in [0, 0.1) is 11.8 Å². The van der Waals surface area contributed by atoms with Crippen LogP contribution in [0.25, 0.3) is 0 Å². The fourth-order valence-corrected chi connectivity index (χ4v) is 5.30. The third-order valence-corrected chi connectivity index (χ3v) is 6.84. The van der Waals surface area contributed by atoms with Crippen molar-refractivity contribution in [2.24, 2.45) is 11.8 Å². The first-order valence-electron chi connectivity index (χ1n) is 8.74. The summed E-state index contributed by atoms with van der Waals surface area (Å²) in [6, 6.07) is -0.304. The highest BCUT2D eigenvalue weighted by atomic mass is 35.5. The summed E-state index contributed by atoms with van der Waals surface area (Å²) in [6.45, 7) is 1.33. The van der Waals surface area contributed by atoms with Crippen LogP contribution in [0.15, 0.2) is 0 Å². The van der Waals surface area contributed by atoms with Crippen LogP contribution in [-0.4, -0.2) is 69.9 Å². The summed E-state index contributed by atoms with van der Waals surface area (Å²) >= 11 is 0. The van der Waals surface area contributed by atoms with Crippen molar-refractivity contribution in [2.75, 3.05) is 38.7 Å². The van der Waals surface area contributed by atoms with Gasteiger partial charge in [-0.3, -0.25) is 9.59 Å². The highest BCUT2D eigenvalue weighted by Crippen LogP contribution is 2.32. The first-order chi connectivity index (χ1) is 11.3. The molecular weight excluding hydrogens is 366 g/mol. The lowest BCUT2D eigenvalue weighted by molar-refractivity contribution is -0.142. The van der Waals surface area contributed by atoms with Crippen LogP contribution in [0.5, 0.6) is 0 Å². The number of amides is 2. The summed E-state index contributed by atoms with van der Waals surface area (Å²) < 4.78 is 23.1. The van der Waals surface area contributed by atoms with Gasteiger partial charge in [-0.1, -0.05) is 12.8 Å². The largest absolute Gasteiger partial charge is 0.352 e. The average Bonchev–Trinajstić information content (AvgIpc) is 2.90. The lowest BCUT2D eigenvalue weighted by Crippen LogP contribution is -2.47. The molecule has 7 nitrogen and oxygen atoms in total. The number of likely N-dealkylation sites (N-methyl/N-ethyl adjacent to an activating group) is 2. The van der Waals surface area contributed by atoms with Gasteiger partial charge < -0.3 is 15.5 Å². The standard InChI is InChI=1S/C16H29N3O4S.ClH/c1-17-8-9-19(2)16(21)14-6-4-3-5-13(14)15(20)18-12-7-10-24(22,23)11-12;/h12-14,17H,3-11H2,1-2H3,(H,18,20);1H. The van der Waals surface area contributed by atoms with E-state index < -0.39 is 9.84 Å². The van der Waals surface area contributed by atoms with Gasteiger partial charge in [-0.25, -0.2) is 8.42 Å².